The second-order valence-corrected chi connectivity index (χ2v) is 3.93. The molecule has 0 saturated heterocycles. The topological polar surface area (TPSA) is 12.0 Å². The van der Waals surface area contributed by atoms with Crippen LogP contribution >= 0.6 is 0 Å². The number of halogens is 1. The van der Waals surface area contributed by atoms with E-state index in [0.717, 1.165) is 11.8 Å². The molecule has 2 rings (SSSR count). The molecule has 0 amide bonds. The van der Waals surface area contributed by atoms with Gasteiger partial charge >= 0.3 is 0 Å². The van der Waals surface area contributed by atoms with Crippen molar-refractivity contribution < 1.29 is 4.39 Å². The van der Waals surface area contributed by atoms with Crippen LogP contribution in [-0.4, -0.2) is 7.05 Å². The SMILES string of the molecule is CCC(NC)c1ccc(F)c2ccccc12. The molecule has 0 heterocycles. The molecule has 16 heavy (non-hydrogen) atoms. The summed E-state index contributed by atoms with van der Waals surface area (Å²) in [5.41, 5.74) is 1.17. The minimum Gasteiger partial charge on any atom is -0.313 e. The van der Waals surface area contributed by atoms with E-state index in [-0.39, 0.29) is 11.9 Å². The molecule has 0 aliphatic carbocycles. The standard InChI is InChI=1S/C14H16FN/c1-3-14(16-2)12-8-9-13(15)11-7-5-4-6-10(11)12/h4-9,14,16H,3H2,1-2H3. The summed E-state index contributed by atoms with van der Waals surface area (Å²) in [6.45, 7) is 2.12. The first-order chi connectivity index (χ1) is 7.77. The zero-order valence-corrected chi connectivity index (χ0v) is 9.63. The Morgan fingerprint density at radius 1 is 1.12 bits per heavy atom. The molecule has 2 aromatic carbocycles. The minimum atomic E-state index is -0.148. The van der Waals surface area contributed by atoms with Gasteiger partial charge in [0, 0.05) is 11.4 Å². The molecule has 0 radical (unpaired) electrons. The number of nitrogens with one attached hydrogen (secondary N) is 1. The molecule has 0 saturated carbocycles. The largest absolute Gasteiger partial charge is 0.313 e. The monoisotopic (exact) mass is 217 g/mol. The lowest BCUT2D eigenvalue weighted by molar-refractivity contribution is 0.578. The predicted molar refractivity (Wildman–Crippen MR) is 66.0 cm³/mol. The van der Waals surface area contributed by atoms with Crippen molar-refractivity contribution in [1.29, 1.82) is 0 Å². The van der Waals surface area contributed by atoms with Gasteiger partial charge in [-0.05, 0) is 30.5 Å². The molecular weight excluding hydrogens is 201 g/mol. The molecule has 1 N–H and O–H groups in total. The first-order valence-corrected chi connectivity index (χ1v) is 5.62. The number of fused-ring (bicyclic) bond motifs is 1. The van der Waals surface area contributed by atoms with Crippen molar-refractivity contribution in [2.24, 2.45) is 0 Å². The van der Waals surface area contributed by atoms with Crippen molar-refractivity contribution in [2.45, 2.75) is 19.4 Å². The van der Waals surface area contributed by atoms with E-state index in [1.807, 2.05) is 37.4 Å². The third-order valence-electron chi connectivity index (χ3n) is 3.04. The van der Waals surface area contributed by atoms with Crippen LogP contribution in [0.4, 0.5) is 4.39 Å². The van der Waals surface area contributed by atoms with Crippen molar-refractivity contribution in [3.8, 4) is 0 Å². The molecule has 0 fully saturated rings. The maximum absolute atomic E-state index is 13.6. The predicted octanol–water partition coefficient (Wildman–Crippen LogP) is 3.65. The molecule has 84 valence electrons. The Morgan fingerprint density at radius 2 is 1.81 bits per heavy atom. The van der Waals surface area contributed by atoms with Crippen molar-refractivity contribution in [1.82, 2.24) is 5.32 Å². The molecule has 1 nitrogen and oxygen atoms in total. The summed E-state index contributed by atoms with van der Waals surface area (Å²) >= 11 is 0. The van der Waals surface area contributed by atoms with Crippen LogP contribution in [0.2, 0.25) is 0 Å². The zero-order valence-electron chi connectivity index (χ0n) is 9.63. The number of benzene rings is 2. The van der Waals surface area contributed by atoms with Crippen LogP contribution in [0.25, 0.3) is 10.8 Å². The Morgan fingerprint density at radius 3 is 2.44 bits per heavy atom. The van der Waals surface area contributed by atoms with E-state index in [4.69, 9.17) is 0 Å². The summed E-state index contributed by atoms with van der Waals surface area (Å²) in [6.07, 6.45) is 0.992. The first-order valence-electron chi connectivity index (χ1n) is 5.62. The molecular formula is C14H16FN. The van der Waals surface area contributed by atoms with E-state index >= 15 is 0 Å². The highest BCUT2D eigenvalue weighted by atomic mass is 19.1. The highest BCUT2D eigenvalue weighted by Crippen LogP contribution is 2.27. The second kappa shape index (κ2) is 4.62. The molecule has 2 aromatic rings. The number of hydrogen-bond donors (Lipinski definition) is 1. The third-order valence-corrected chi connectivity index (χ3v) is 3.04. The minimum absolute atomic E-state index is 0.148. The summed E-state index contributed by atoms with van der Waals surface area (Å²) in [4.78, 5) is 0. The molecule has 0 aliphatic heterocycles. The number of hydrogen-bond acceptors (Lipinski definition) is 1. The summed E-state index contributed by atoms with van der Waals surface area (Å²) in [5.74, 6) is -0.148. The molecule has 0 aliphatic rings. The van der Waals surface area contributed by atoms with Gasteiger partial charge in [-0.1, -0.05) is 37.3 Å². The first kappa shape index (κ1) is 11.1. The van der Waals surface area contributed by atoms with Gasteiger partial charge in [-0.2, -0.15) is 0 Å². The lowest BCUT2D eigenvalue weighted by Gasteiger charge is -2.17. The maximum atomic E-state index is 13.6. The maximum Gasteiger partial charge on any atom is 0.131 e. The molecule has 0 spiro atoms. The molecule has 1 unspecified atom stereocenters. The normalized spacial score (nSPS) is 12.9. The Hall–Kier alpha value is -1.41. The van der Waals surface area contributed by atoms with Crippen molar-refractivity contribution >= 4 is 10.8 Å². The van der Waals surface area contributed by atoms with Gasteiger partial charge in [0.1, 0.15) is 5.82 Å². The van der Waals surface area contributed by atoms with Crippen molar-refractivity contribution in [3.63, 3.8) is 0 Å². The quantitative estimate of drug-likeness (QED) is 0.827. The van der Waals surface area contributed by atoms with Crippen LogP contribution in [0.1, 0.15) is 24.9 Å². The van der Waals surface area contributed by atoms with Crippen LogP contribution in [-0.2, 0) is 0 Å². The lowest BCUT2D eigenvalue weighted by atomic mass is 9.97. The molecule has 2 heteroatoms. The average Bonchev–Trinajstić information content (AvgIpc) is 2.34. The Labute approximate surface area is 95.3 Å². The summed E-state index contributed by atoms with van der Waals surface area (Å²) in [6, 6.07) is 11.3. The summed E-state index contributed by atoms with van der Waals surface area (Å²) in [7, 11) is 1.94. The van der Waals surface area contributed by atoms with Crippen LogP contribution in [0.3, 0.4) is 0 Å². The Bertz CT molecular complexity index is 489. The van der Waals surface area contributed by atoms with E-state index in [0.29, 0.717) is 5.39 Å². The zero-order chi connectivity index (χ0) is 11.5. The lowest BCUT2D eigenvalue weighted by Crippen LogP contribution is -2.15. The van der Waals surface area contributed by atoms with Crippen LogP contribution in [0.15, 0.2) is 36.4 Å². The van der Waals surface area contributed by atoms with E-state index < -0.39 is 0 Å². The highest BCUT2D eigenvalue weighted by Gasteiger charge is 2.11. The van der Waals surface area contributed by atoms with Gasteiger partial charge in [0.25, 0.3) is 0 Å². The van der Waals surface area contributed by atoms with Gasteiger partial charge in [-0.25, -0.2) is 4.39 Å². The van der Waals surface area contributed by atoms with Gasteiger partial charge in [0.2, 0.25) is 0 Å². The summed E-state index contributed by atoms with van der Waals surface area (Å²) in [5, 5.41) is 4.96. The fraction of sp³-hybridized carbons (Fsp3) is 0.286. The van der Waals surface area contributed by atoms with Gasteiger partial charge in [-0.15, -0.1) is 0 Å². The van der Waals surface area contributed by atoms with E-state index in [9.17, 15) is 4.39 Å². The van der Waals surface area contributed by atoms with E-state index in [1.54, 1.807) is 6.07 Å². The average molecular weight is 217 g/mol. The van der Waals surface area contributed by atoms with E-state index in [1.165, 1.54) is 5.56 Å². The molecule has 0 bridgehead atoms. The molecule has 1 atom stereocenters. The summed E-state index contributed by atoms with van der Waals surface area (Å²) < 4.78 is 13.6. The van der Waals surface area contributed by atoms with E-state index in [2.05, 4.69) is 12.2 Å². The smallest absolute Gasteiger partial charge is 0.131 e. The van der Waals surface area contributed by atoms with Gasteiger partial charge < -0.3 is 5.32 Å². The van der Waals surface area contributed by atoms with Crippen LogP contribution in [0, 0.1) is 5.82 Å². The number of rotatable bonds is 3. The van der Waals surface area contributed by atoms with Crippen LogP contribution < -0.4 is 5.32 Å². The van der Waals surface area contributed by atoms with Gasteiger partial charge in [-0.3, -0.25) is 0 Å². The van der Waals surface area contributed by atoms with Crippen LogP contribution in [0.5, 0.6) is 0 Å². The second-order valence-electron chi connectivity index (χ2n) is 3.93. The van der Waals surface area contributed by atoms with Gasteiger partial charge in [0.15, 0.2) is 0 Å². The fourth-order valence-corrected chi connectivity index (χ4v) is 2.17. The van der Waals surface area contributed by atoms with Crippen molar-refractivity contribution in [2.75, 3.05) is 7.05 Å². The third kappa shape index (κ3) is 1.81. The van der Waals surface area contributed by atoms with Crippen molar-refractivity contribution in [3.05, 3.63) is 47.8 Å². The molecule has 0 aromatic heterocycles. The Balaban J connectivity index is 2.66. The van der Waals surface area contributed by atoms with Gasteiger partial charge in [0.05, 0.1) is 0 Å². The fourth-order valence-electron chi connectivity index (χ4n) is 2.17. The Kier molecular flexibility index (Phi) is 3.20. The highest BCUT2D eigenvalue weighted by molar-refractivity contribution is 5.86.